The highest BCUT2D eigenvalue weighted by atomic mass is 32.2. The van der Waals surface area contributed by atoms with E-state index in [0.29, 0.717) is 16.8 Å². The Morgan fingerprint density at radius 3 is 2.56 bits per heavy atom. The number of sulfonamides is 1. The van der Waals surface area contributed by atoms with Gasteiger partial charge < -0.3 is 9.84 Å². The van der Waals surface area contributed by atoms with Crippen molar-refractivity contribution in [1.82, 2.24) is 0 Å². The number of ether oxygens (including phenoxy) is 1. The van der Waals surface area contributed by atoms with Crippen LogP contribution < -0.4 is 9.46 Å². The van der Waals surface area contributed by atoms with Gasteiger partial charge in [0, 0.05) is 11.1 Å². The minimum absolute atomic E-state index is 0.399. The summed E-state index contributed by atoms with van der Waals surface area (Å²) in [7, 11) is -3.67. The van der Waals surface area contributed by atoms with E-state index in [9.17, 15) is 13.2 Å². The van der Waals surface area contributed by atoms with Gasteiger partial charge in [0.25, 0.3) is 10.0 Å². The average molecular weight is 383 g/mol. The van der Waals surface area contributed by atoms with Gasteiger partial charge in [0.2, 0.25) is 0 Å². The number of fused-ring (bicyclic) bond motifs is 1. The molecule has 0 amide bonds. The Labute approximate surface area is 156 Å². The summed E-state index contributed by atoms with van der Waals surface area (Å²) in [6.45, 7) is -0.447. The highest BCUT2D eigenvalue weighted by Crippen LogP contribution is 2.28. The highest BCUT2D eigenvalue weighted by molar-refractivity contribution is 7.95. The van der Waals surface area contributed by atoms with Gasteiger partial charge in [0.15, 0.2) is 6.61 Å². The number of carboxylic acid groups (broad SMARTS) is 1. The second-order valence-electron chi connectivity index (χ2n) is 5.73. The molecule has 2 N–H and O–H groups in total. The van der Waals surface area contributed by atoms with Crippen LogP contribution >= 0.6 is 0 Å². The summed E-state index contributed by atoms with van der Waals surface area (Å²) in [5.41, 5.74) is 1.18. The molecule has 0 saturated carbocycles. The molecule has 0 unspecified atom stereocenters. The quantitative estimate of drug-likeness (QED) is 0.649. The molecule has 0 bridgehead atoms. The molecule has 0 saturated heterocycles. The van der Waals surface area contributed by atoms with Crippen LogP contribution in [0, 0.1) is 0 Å². The van der Waals surface area contributed by atoms with Gasteiger partial charge in [-0.1, -0.05) is 42.5 Å². The lowest BCUT2D eigenvalue weighted by Gasteiger charge is -2.10. The SMILES string of the molecule is O=C(O)COc1cccc2cc(NS(=O)(=O)C=Cc3ccccc3)ccc12. The normalized spacial score (nSPS) is 11.6. The maximum absolute atomic E-state index is 12.3. The molecule has 6 nitrogen and oxygen atoms in total. The zero-order valence-electron chi connectivity index (χ0n) is 14.2. The number of hydrogen-bond donors (Lipinski definition) is 2. The summed E-state index contributed by atoms with van der Waals surface area (Å²) >= 11 is 0. The van der Waals surface area contributed by atoms with E-state index in [2.05, 4.69) is 4.72 Å². The lowest BCUT2D eigenvalue weighted by Crippen LogP contribution is -2.10. The molecule has 0 radical (unpaired) electrons. The Morgan fingerprint density at radius 2 is 1.81 bits per heavy atom. The van der Waals surface area contributed by atoms with Crippen molar-refractivity contribution in [2.75, 3.05) is 11.3 Å². The molecule has 3 aromatic carbocycles. The van der Waals surface area contributed by atoms with Crippen LogP contribution in [0.2, 0.25) is 0 Å². The molecule has 27 heavy (non-hydrogen) atoms. The molecular weight excluding hydrogens is 366 g/mol. The van der Waals surface area contributed by atoms with Gasteiger partial charge >= 0.3 is 5.97 Å². The summed E-state index contributed by atoms with van der Waals surface area (Å²) in [5.74, 6) is -0.644. The van der Waals surface area contributed by atoms with E-state index in [1.165, 1.54) is 6.08 Å². The summed E-state index contributed by atoms with van der Waals surface area (Å²) in [5, 5.41) is 11.3. The second-order valence-corrected chi connectivity index (χ2v) is 7.30. The van der Waals surface area contributed by atoms with Crippen LogP contribution in [0.25, 0.3) is 16.8 Å². The van der Waals surface area contributed by atoms with Gasteiger partial charge in [-0.3, -0.25) is 4.72 Å². The van der Waals surface area contributed by atoms with Crippen molar-refractivity contribution in [3.05, 3.63) is 77.7 Å². The van der Waals surface area contributed by atoms with E-state index in [4.69, 9.17) is 9.84 Å². The lowest BCUT2D eigenvalue weighted by molar-refractivity contribution is -0.139. The van der Waals surface area contributed by atoms with Crippen molar-refractivity contribution in [1.29, 1.82) is 0 Å². The van der Waals surface area contributed by atoms with Crippen LogP contribution in [0.4, 0.5) is 5.69 Å². The monoisotopic (exact) mass is 383 g/mol. The van der Waals surface area contributed by atoms with Gasteiger partial charge in [0.1, 0.15) is 5.75 Å². The standard InChI is InChI=1S/C20H17NO5S/c22-20(23)14-26-19-8-4-7-16-13-17(9-10-18(16)19)21-27(24,25)12-11-15-5-2-1-3-6-15/h1-13,21H,14H2,(H,22,23). The van der Waals surface area contributed by atoms with Crippen molar-refractivity contribution in [3.63, 3.8) is 0 Å². The van der Waals surface area contributed by atoms with Gasteiger partial charge in [-0.25, -0.2) is 13.2 Å². The lowest BCUT2D eigenvalue weighted by atomic mass is 10.1. The van der Waals surface area contributed by atoms with E-state index in [-0.39, 0.29) is 0 Å². The minimum atomic E-state index is -3.67. The first-order chi connectivity index (χ1) is 12.9. The number of anilines is 1. The largest absolute Gasteiger partial charge is 0.481 e. The van der Waals surface area contributed by atoms with Crippen molar-refractivity contribution < 1.29 is 23.1 Å². The van der Waals surface area contributed by atoms with E-state index in [1.54, 1.807) is 48.5 Å². The predicted molar refractivity (Wildman–Crippen MR) is 105 cm³/mol. The Bertz CT molecular complexity index is 1090. The molecule has 3 aromatic rings. The second kappa shape index (κ2) is 7.92. The number of aliphatic carboxylic acids is 1. The summed E-state index contributed by atoms with van der Waals surface area (Å²) in [6.07, 6.45) is 1.52. The van der Waals surface area contributed by atoms with Gasteiger partial charge in [-0.15, -0.1) is 0 Å². The summed E-state index contributed by atoms with van der Waals surface area (Å²) in [6, 6.07) is 19.2. The zero-order valence-corrected chi connectivity index (χ0v) is 15.0. The van der Waals surface area contributed by atoms with Crippen LogP contribution in [-0.4, -0.2) is 26.1 Å². The van der Waals surface area contributed by atoms with E-state index in [0.717, 1.165) is 16.4 Å². The summed E-state index contributed by atoms with van der Waals surface area (Å²) < 4.78 is 32.3. The fourth-order valence-corrected chi connectivity index (χ4v) is 3.37. The van der Waals surface area contributed by atoms with Gasteiger partial charge in [0.05, 0.1) is 5.41 Å². The van der Waals surface area contributed by atoms with Crippen molar-refractivity contribution in [2.45, 2.75) is 0 Å². The van der Waals surface area contributed by atoms with Crippen LogP contribution in [0.15, 0.2) is 72.1 Å². The molecule has 0 aliphatic carbocycles. The summed E-state index contributed by atoms with van der Waals surface area (Å²) in [4.78, 5) is 10.7. The Morgan fingerprint density at radius 1 is 1.04 bits per heavy atom. The molecule has 3 rings (SSSR count). The maximum Gasteiger partial charge on any atom is 0.341 e. The number of benzene rings is 3. The molecule has 0 fully saturated rings. The first-order valence-corrected chi connectivity index (χ1v) is 9.61. The average Bonchev–Trinajstić information content (AvgIpc) is 2.65. The fraction of sp³-hybridized carbons (Fsp3) is 0.0500. The Hall–Kier alpha value is -3.32. The third-order valence-corrected chi connectivity index (χ3v) is 4.71. The van der Waals surface area contributed by atoms with E-state index >= 15 is 0 Å². The molecule has 7 heteroatoms. The number of carbonyl (C=O) groups is 1. The van der Waals surface area contributed by atoms with E-state index in [1.807, 2.05) is 18.2 Å². The van der Waals surface area contributed by atoms with E-state index < -0.39 is 22.6 Å². The van der Waals surface area contributed by atoms with Crippen molar-refractivity contribution >= 4 is 38.5 Å². The fourth-order valence-electron chi connectivity index (χ4n) is 2.51. The molecule has 0 atom stereocenters. The van der Waals surface area contributed by atoms with Crippen molar-refractivity contribution in [3.8, 4) is 5.75 Å². The number of nitrogens with one attached hydrogen (secondary N) is 1. The Kier molecular flexibility index (Phi) is 5.42. The van der Waals surface area contributed by atoms with Crippen LogP contribution in [0.1, 0.15) is 5.56 Å². The predicted octanol–water partition coefficient (Wildman–Crippen LogP) is 3.72. The topological polar surface area (TPSA) is 92.7 Å². The molecule has 0 aromatic heterocycles. The number of carboxylic acids is 1. The van der Waals surface area contributed by atoms with Gasteiger partial charge in [-0.2, -0.15) is 0 Å². The van der Waals surface area contributed by atoms with Crippen LogP contribution in [-0.2, 0) is 14.8 Å². The minimum Gasteiger partial charge on any atom is -0.481 e. The van der Waals surface area contributed by atoms with Crippen LogP contribution in [0.3, 0.4) is 0 Å². The first kappa shape index (κ1) is 18.5. The first-order valence-electron chi connectivity index (χ1n) is 8.06. The van der Waals surface area contributed by atoms with Crippen molar-refractivity contribution in [2.24, 2.45) is 0 Å². The maximum atomic E-state index is 12.3. The van der Waals surface area contributed by atoms with Crippen LogP contribution in [0.5, 0.6) is 5.75 Å². The molecular formula is C20H17NO5S. The molecule has 0 heterocycles. The molecule has 138 valence electrons. The third-order valence-electron chi connectivity index (χ3n) is 3.69. The van der Waals surface area contributed by atoms with Gasteiger partial charge in [-0.05, 0) is 41.3 Å². The smallest absolute Gasteiger partial charge is 0.341 e. The number of rotatable bonds is 7. The zero-order chi connectivity index (χ0) is 19.3. The molecule has 0 aliphatic rings. The highest BCUT2D eigenvalue weighted by Gasteiger charge is 2.09. The molecule has 0 spiro atoms. The molecule has 0 aliphatic heterocycles. The Balaban J connectivity index is 1.81. The third kappa shape index (κ3) is 5.08. The number of hydrogen-bond acceptors (Lipinski definition) is 4.